The largest absolute Gasteiger partial charge is 0.381 e. The molecule has 1 N–H and O–H groups in total. The number of hydrogen-bond donors (Lipinski definition) is 1. The minimum atomic E-state index is -0.0677. The molecule has 5 nitrogen and oxygen atoms in total. The van der Waals surface area contributed by atoms with Gasteiger partial charge in [0.1, 0.15) is 4.88 Å². The molecule has 1 aliphatic heterocycles. The number of carbonyl (C=O) groups excluding carboxylic acids is 1. The molecule has 152 valence electrons. The molecule has 0 atom stereocenters. The number of rotatable bonds is 7. The van der Waals surface area contributed by atoms with Crippen LogP contribution in [0, 0.1) is 5.92 Å². The van der Waals surface area contributed by atoms with E-state index in [-0.39, 0.29) is 11.8 Å². The molecule has 7 heteroatoms. The predicted octanol–water partition coefficient (Wildman–Crippen LogP) is 4.71. The molecule has 2 heterocycles. The van der Waals surface area contributed by atoms with E-state index in [1.165, 1.54) is 11.3 Å². The minimum Gasteiger partial charge on any atom is -0.381 e. The summed E-state index contributed by atoms with van der Waals surface area (Å²) in [5, 5.41) is 4.62. The molecule has 1 amide bonds. The van der Waals surface area contributed by atoms with Gasteiger partial charge < -0.3 is 15.0 Å². The lowest BCUT2D eigenvalue weighted by atomic mass is 10.0. The second-order valence-corrected chi connectivity index (χ2v) is 9.02. The topological polar surface area (TPSA) is 54.5 Å². The fourth-order valence-electron chi connectivity index (χ4n) is 3.30. The van der Waals surface area contributed by atoms with Crippen LogP contribution in [0.25, 0.3) is 0 Å². The van der Waals surface area contributed by atoms with Crippen LogP contribution in [-0.2, 0) is 11.3 Å². The Kier molecular flexibility index (Phi) is 7.32. The summed E-state index contributed by atoms with van der Waals surface area (Å²) in [6.45, 7) is 7.25. The summed E-state index contributed by atoms with van der Waals surface area (Å²) in [6.07, 6.45) is 2.17. The summed E-state index contributed by atoms with van der Waals surface area (Å²) in [6, 6.07) is 7.51. The molecule has 1 aliphatic rings. The molecule has 0 radical (unpaired) electrons. The number of benzene rings is 1. The van der Waals surface area contributed by atoms with Crippen molar-refractivity contribution in [2.24, 2.45) is 5.92 Å². The van der Waals surface area contributed by atoms with E-state index in [1.807, 2.05) is 24.3 Å². The number of carbonyl (C=O) groups is 1. The van der Waals surface area contributed by atoms with Crippen molar-refractivity contribution in [3.8, 4) is 0 Å². The van der Waals surface area contributed by atoms with Gasteiger partial charge in [0.15, 0.2) is 5.13 Å². The van der Waals surface area contributed by atoms with E-state index in [1.54, 1.807) is 0 Å². The third-order valence-corrected chi connectivity index (χ3v) is 6.40. The first kappa shape index (κ1) is 21.1. The third-order valence-electron chi connectivity index (χ3n) is 4.96. The van der Waals surface area contributed by atoms with Crippen LogP contribution in [-0.4, -0.2) is 37.7 Å². The lowest BCUT2D eigenvalue weighted by Crippen LogP contribution is -2.29. The molecule has 1 aromatic heterocycles. The van der Waals surface area contributed by atoms with E-state index in [0.717, 1.165) is 49.0 Å². The number of nitrogens with one attached hydrogen (secondary N) is 1. The first-order valence-electron chi connectivity index (χ1n) is 9.76. The number of amides is 1. The summed E-state index contributed by atoms with van der Waals surface area (Å²) in [4.78, 5) is 20.5. The Bertz CT molecular complexity index is 785. The van der Waals surface area contributed by atoms with Crippen LogP contribution in [0.5, 0.6) is 0 Å². The van der Waals surface area contributed by atoms with Crippen LogP contribution < -0.4 is 10.2 Å². The summed E-state index contributed by atoms with van der Waals surface area (Å²) in [5.41, 5.74) is 1.89. The molecular formula is C21H28ClN3O2S. The average molecular weight is 422 g/mol. The van der Waals surface area contributed by atoms with Crippen molar-refractivity contribution in [2.45, 2.75) is 39.2 Å². The normalized spacial score (nSPS) is 15.0. The van der Waals surface area contributed by atoms with Crippen LogP contribution in [0.2, 0.25) is 5.02 Å². The Morgan fingerprint density at radius 1 is 1.32 bits per heavy atom. The second kappa shape index (κ2) is 9.72. The van der Waals surface area contributed by atoms with E-state index in [4.69, 9.17) is 21.3 Å². The maximum absolute atomic E-state index is 12.8. The number of hydrogen-bond acceptors (Lipinski definition) is 5. The zero-order chi connectivity index (χ0) is 20.1. The lowest BCUT2D eigenvalue weighted by Gasteiger charge is -2.26. The van der Waals surface area contributed by atoms with Crippen LogP contribution in [0.3, 0.4) is 0 Å². The van der Waals surface area contributed by atoms with Crippen molar-refractivity contribution < 1.29 is 9.53 Å². The molecule has 28 heavy (non-hydrogen) atoms. The standard InChI is InChI=1S/C21H28ClN3O2S/c1-14(2)18-19(20(26)23-12-15-4-6-17(22)7-5-15)28-21(24-18)25(3)13-16-8-10-27-11-9-16/h4-7,14,16H,8-13H2,1-3H3,(H,23,26). The van der Waals surface area contributed by atoms with Gasteiger partial charge in [-0.1, -0.05) is 48.9 Å². The van der Waals surface area contributed by atoms with Crippen molar-refractivity contribution in [1.29, 1.82) is 0 Å². The Morgan fingerprint density at radius 2 is 2.00 bits per heavy atom. The number of aromatic nitrogens is 1. The van der Waals surface area contributed by atoms with Gasteiger partial charge >= 0.3 is 0 Å². The van der Waals surface area contributed by atoms with Crippen molar-refractivity contribution in [1.82, 2.24) is 10.3 Å². The zero-order valence-corrected chi connectivity index (χ0v) is 18.3. The molecule has 2 aromatic rings. The number of anilines is 1. The highest BCUT2D eigenvalue weighted by molar-refractivity contribution is 7.17. The van der Waals surface area contributed by atoms with Gasteiger partial charge in [-0.25, -0.2) is 4.98 Å². The van der Waals surface area contributed by atoms with E-state index in [9.17, 15) is 4.79 Å². The highest BCUT2D eigenvalue weighted by Gasteiger charge is 2.23. The quantitative estimate of drug-likeness (QED) is 0.703. The number of ether oxygens (including phenoxy) is 1. The van der Waals surface area contributed by atoms with E-state index in [2.05, 4.69) is 31.1 Å². The lowest BCUT2D eigenvalue weighted by molar-refractivity contribution is 0.0685. The molecular weight excluding hydrogens is 394 g/mol. The Balaban J connectivity index is 1.68. The maximum atomic E-state index is 12.8. The molecule has 0 unspecified atom stereocenters. The molecule has 1 saturated heterocycles. The second-order valence-electron chi connectivity index (χ2n) is 7.61. The summed E-state index contributed by atoms with van der Waals surface area (Å²) < 4.78 is 5.45. The highest BCUT2D eigenvalue weighted by atomic mass is 35.5. The van der Waals surface area contributed by atoms with Crippen LogP contribution >= 0.6 is 22.9 Å². The van der Waals surface area contributed by atoms with Gasteiger partial charge in [0, 0.05) is 38.4 Å². The average Bonchev–Trinajstić information content (AvgIpc) is 3.14. The predicted molar refractivity (Wildman–Crippen MR) is 116 cm³/mol. The summed E-state index contributed by atoms with van der Waals surface area (Å²) in [7, 11) is 2.06. The highest BCUT2D eigenvalue weighted by Crippen LogP contribution is 2.31. The molecule has 0 spiro atoms. The fraction of sp³-hybridized carbons (Fsp3) is 0.524. The van der Waals surface area contributed by atoms with E-state index in [0.29, 0.717) is 22.4 Å². The van der Waals surface area contributed by atoms with Gasteiger partial charge in [-0.2, -0.15) is 0 Å². The molecule has 3 rings (SSSR count). The molecule has 0 bridgehead atoms. The molecule has 0 saturated carbocycles. The summed E-state index contributed by atoms with van der Waals surface area (Å²) >= 11 is 7.40. The van der Waals surface area contributed by atoms with Crippen molar-refractivity contribution in [3.05, 3.63) is 45.4 Å². The fourth-order valence-corrected chi connectivity index (χ4v) is 4.53. The van der Waals surface area contributed by atoms with Crippen LogP contribution in [0.15, 0.2) is 24.3 Å². The Labute approximate surface area is 176 Å². The van der Waals surface area contributed by atoms with E-state index < -0.39 is 0 Å². The van der Waals surface area contributed by atoms with Crippen molar-refractivity contribution in [3.63, 3.8) is 0 Å². The van der Waals surface area contributed by atoms with Gasteiger partial charge in [0.2, 0.25) is 0 Å². The van der Waals surface area contributed by atoms with Gasteiger partial charge in [0.25, 0.3) is 5.91 Å². The number of nitrogens with zero attached hydrogens (tertiary/aromatic N) is 2. The van der Waals surface area contributed by atoms with Gasteiger partial charge in [-0.05, 0) is 42.4 Å². The van der Waals surface area contributed by atoms with Gasteiger partial charge in [0.05, 0.1) is 5.69 Å². The first-order chi connectivity index (χ1) is 13.4. The smallest absolute Gasteiger partial charge is 0.263 e. The maximum Gasteiger partial charge on any atom is 0.263 e. The first-order valence-corrected chi connectivity index (χ1v) is 11.0. The molecule has 0 aliphatic carbocycles. The monoisotopic (exact) mass is 421 g/mol. The van der Waals surface area contributed by atoms with Gasteiger partial charge in [-0.3, -0.25) is 4.79 Å². The van der Waals surface area contributed by atoms with Crippen molar-refractivity contribution >= 4 is 34.0 Å². The van der Waals surface area contributed by atoms with Crippen molar-refractivity contribution in [2.75, 3.05) is 31.7 Å². The number of thiazole rings is 1. The van der Waals surface area contributed by atoms with Gasteiger partial charge in [-0.15, -0.1) is 0 Å². The van der Waals surface area contributed by atoms with Crippen LogP contribution in [0.4, 0.5) is 5.13 Å². The van der Waals surface area contributed by atoms with Crippen LogP contribution in [0.1, 0.15) is 53.5 Å². The molecule has 1 fully saturated rings. The summed E-state index contributed by atoms with van der Waals surface area (Å²) in [5.74, 6) is 0.743. The Morgan fingerprint density at radius 3 is 2.64 bits per heavy atom. The Hall–Kier alpha value is -1.63. The minimum absolute atomic E-state index is 0.0677. The van der Waals surface area contributed by atoms with E-state index >= 15 is 0 Å². The molecule has 1 aromatic carbocycles. The zero-order valence-electron chi connectivity index (χ0n) is 16.7. The SMILES string of the molecule is CC(C)c1nc(N(C)CC2CCOCC2)sc1C(=O)NCc1ccc(Cl)cc1. The third kappa shape index (κ3) is 5.46. The number of halogens is 1.